The molecule has 1 aliphatic carbocycles. The predicted molar refractivity (Wildman–Crippen MR) is 94.8 cm³/mol. The van der Waals surface area contributed by atoms with Crippen molar-refractivity contribution in [1.29, 1.82) is 0 Å². The monoisotopic (exact) mass is 340 g/mol. The first-order valence-corrected chi connectivity index (χ1v) is 9.08. The highest BCUT2D eigenvalue weighted by Gasteiger charge is 2.35. The van der Waals surface area contributed by atoms with Gasteiger partial charge in [-0.25, -0.2) is 0 Å². The molecule has 2 unspecified atom stereocenters. The third-order valence-electron chi connectivity index (χ3n) is 5.62. The zero-order valence-corrected chi connectivity index (χ0v) is 15.0. The van der Waals surface area contributed by atoms with Gasteiger partial charge in [0.1, 0.15) is 5.75 Å². The predicted octanol–water partition coefficient (Wildman–Crippen LogP) is 3.85. The lowest BCUT2D eigenvalue weighted by atomic mass is 9.88. The molecule has 1 aromatic carbocycles. The van der Waals surface area contributed by atoms with Crippen LogP contribution in [0.15, 0.2) is 22.7 Å². The van der Waals surface area contributed by atoms with Crippen LogP contribution in [-0.2, 0) is 12.8 Å². The maximum atomic E-state index is 13.1. The molecular weight excluding hydrogens is 316 g/mol. The molecule has 1 fully saturated rings. The van der Waals surface area contributed by atoms with Crippen molar-refractivity contribution < 1.29 is 14.1 Å². The molecule has 2 aliphatic rings. The minimum atomic E-state index is 0.0154. The molecular formula is C20H24N2O3. The van der Waals surface area contributed by atoms with Crippen LogP contribution in [0.5, 0.6) is 5.75 Å². The van der Waals surface area contributed by atoms with E-state index < -0.39 is 0 Å². The Balaban J connectivity index is 1.70. The third-order valence-corrected chi connectivity index (χ3v) is 5.62. The minimum absolute atomic E-state index is 0.0154. The van der Waals surface area contributed by atoms with E-state index in [-0.39, 0.29) is 18.0 Å². The van der Waals surface area contributed by atoms with E-state index in [2.05, 4.69) is 19.0 Å². The summed E-state index contributed by atoms with van der Waals surface area (Å²) < 4.78 is 10.9. The summed E-state index contributed by atoms with van der Waals surface area (Å²) in [7, 11) is 1.67. The second kappa shape index (κ2) is 6.21. The lowest BCUT2D eigenvalue weighted by Crippen LogP contribution is -2.47. The Morgan fingerprint density at radius 1 is 1.24 bits per heavy atom. The zero-order chi connectivity index (χ0) is 17.6. The van der Waals surface area contributed by atoms with E-state index in [1.54, 1.807) is 7.11 Å². The van der Waals surface area contributed by atoms with Gasteiger partial charge in [0, 0.05) is 23.2 Å². The normalized spacial score (nSPS) is 22.3. The van der Waals surface area contributed by atoms with Crippen LogP contribution in [-0.4, -0.2) is 35.2 Å². The van der Waals surface area contributed by atoms with Gasteiger partial charge in [-0.2, -0.15) is 0 Å². The van der Waals surface area contributed by atoms with Crippen LogP contribution in [0.4, 0.5) is 0 Å². The Kier molecular flexibility index (Phi) is 4.02. The molecule has 5 heteroatoms. The molecule has 1 amide bonds. The quantitative estimate of drug-likeness (QED) is 0.833. The van der Waals surface area contributed by atoms with Crippen molar-refractivity contribution in [2.75, 3.05) is 7.11 Å². The average molecular weight is 340 g/mol. The van der Waals surface area contributed by atoms with Crippen LogP contribution in [0.25, 0.3) is 11.3 Å². The van der Waals surface area contributed by atoms with Gasteiger partial charge < -0.3 is 14.2 Å². The molecule has 2 aromatic rings. The van der Waals surface area contributed by atoms with E-state index in [0.717, 1.165) is 48.3 Å². The van der Waals surface area contributed by atoms with Crippen molar-refractivity contribution in [3.05, 3.63) is 35.0 Å². The number of carbonyl (C=O) groups excluding carboxylic acids is 1. The van der Waals surface area contributed by atoms with E-state index in [1.807, 2.05) is 23.1 Å². The largest absolute Gasteiger partial charge is 0.497 e. The van der Waals surface area contributed by atoms with Crippen LogP contribution in [0.2, 0.25) is 0 Å². The van der Waals surface area contributed by atoms with Gasteiger partial charge in [0.05, 0.1) is 7.11 Å². The summed E-state index contributed by atoms with van der Waals surface area (Å²) in [5, 5.41) is 4.19. The van der Waals surface area contributed by atoms with Gasteiger partial charge in [0.15, 0.2) is 11.5 Å². The lowest BCUT2D eigenvalue weighted by molar-refractivity contribution is 0.0499. The van der Waals surface area contributed by atoms with E-state index in [4.69, 9.17) is 9.26 Å². The van der Waals surface area contributed by atoms with Gasteiger partial charge in [0.2, 0.25) is 0 Å². The first kappa shape index (κ1) is 16.2. The van der Waals surface area contributed by atoms with Crippen molar-refractivity contribution in [1.82, 2.24) is 10.1 Å². The maximum absolute atomic E-state index is 13.1. The van der Waals surface area contributed by atoms with Gasteiger partial charge in [0.25, 0.3) is 5.91 Å². The standard InChI is InChI=1S/C20H24N2O3/c1-12-5-4-6-13(2)22(12)20(23)18-17-9-7-14-11-15(24-3)8-10-16(14)19(17)25-21-18/h8,10-13H,4-7,9H2,1-3H3. The molecule has 0 bridgehead atoms. The van der Waals surface area contributed by atoms with E-state index >= 15 is 0 Å². The van der Waals surface area contributed by atoms with Crippen LogP contribution in [0.3, 0.4) is 0 Å². The van der Waals surface area contributed by atoms with Gasteiger partial charge >= 0.3 is 0 Å². The van der Waals surface area contributed by atoms with E-state index in [0.29, 0.717) is 5.69 Å². The Labute approximate surface area is 147 Å². The number of benzene rings is 1. The number of piperidine rings is 1. The molecule has 1 aliphatic heterocycles. The number of amides is 1. The Morgan fingerprint density at radius 2 is 2.00 bits per heavy atom. The summed E-state index contributed by atoms with van der Waals surface area (Å²) in [5.41, 5.74) is 3.65. The number of rotatable bonds is 2. The number of methoxy groups -OCH3 is 1. The van der Waals surface area contributed by atoms with Crippen LogP contribution in [0, 0.1) is 0 Å². The summed E-state index contributed by atoms with van der Waals surface area (Å²) in [5.74, 6) is 1.60. The number of likely N-dealkylation sites (tertiary alicyclic amines) is 1. The van der Waals surface area contributed by atoms with Gasteiger partial charge in [-0.3, -0.25) is 4.79 Å². The number of carbonyl (C=O) groups is 1. The smallest absolute Gasteiger partial charge is 0.276 e. The Bertz CT molecular complexity index is 801. The number of nitrogens with zero attached hydrogens (tertiary/aromatic N) is 2. The van der Waals surface area contributed by atoms with Crippen molar-refractivity contribution in [2.45, 2.75) is 58.0 Å². The summed E-state index contributed by atoms with van der Waals surface area (Å²) >= 11 is 0. The molecule has 2 atom stereocenters. The Hall–Kier alpha value is -2.30. The highest BCUT2D eigenvalue weighted by atomic mass is 16.5. The fourth-order valence-electron chi connectivity index (χ4n) is 4.25. The second-order valence-electron chi connectivity index (χ2n) is 7.20. The molecule has 0 spiro atoms. The molecule has 1 aromatic heterocycles. The van der Waals surface area contributed by atoms with Crippen LogP contribution in [0.1, 0.15) is 54.7 Å². The molecule has 0 N–H and O–H groups in total. The number of hydrogen-bond donors (Lipinski definition) is 0. The van der Waals surface area contributed by atoms with E-state index in [9.17, 15) is 4.79 Å². The highest BCUT2D eigenvalue weighted by molar-refractivity contribution is 5.96. The first-order valence-electron chi connectivity index (χ1n) is 9.08. The third kappa shape index (κ3) is 2.62. The highest BCUT2D eigenvalue weighted by Crippen LogP contribution is 2.38. The fourth-order valence-corrected chi connectivity index (χ4v) is 4.25. The first-order chi connectivity index (χ1) is 12.1. The molecule has 25 heavy (non-hydrogen) atoms. The van der Waals surface area contributed by atoms with Crippen molar-refractivity contribution in [3.63, 3.8) is 0 Å². The van der Waals surface area contributed by atoms with Crippen LogP contribution >= 0.6 is 0 Å². The number of fused-ring (bicyclic) bond motifs is 3. The molecule has 4 rings (SSSR count). The lowest BCUT2D eigenvalue weighted by Gasteiger charge is -2.38. The van der Waals surface area contributed by atoms with E-state index in [1.165, 1.54) is 12.0 Å². The molecule has 1 saturated heterocycles. The van der Waals surface area contributed by atoms with Gasteiger partial charge in [-0.05, 0) is 69.7 Å². The molecule has 132 valence electrons. The number of ether oxygens (including phenoxy) is 1. The minimum Gasteiger partial charge on any atom is -0.497 e. The topological polar surface area (TPSA) is 55.6 Å². The second-order valence-corrected chi connectivity index (χ2v) is 7.20. The van der Waals surface area contributed by atoms with Crippen molar-refractivity contribution in [2.24, 2.45) is 0 Å². The average Bonchev–Trinajstić information content (AvgIpc) is 3.05. The molecule has 5 nitrogen and oxygen atoms in total. The fraction of sp³-hybridized carbons (Fsp3) is 0.500. The van der Waals surface area contributed by atoms with Crippen LogP contribution < -0.4 is 4.74 Å². The summed E-state index contributed by atoms with van der Waals surface area (Å²) in [6.07, 6.45) is 4.93. The molecule has 2 heterocycles. The molecule has 0 radical (unpaired) electrons. The summed E-state index contributed by atoms with van der Waals surface area (Å²) in [4.78, 5) is 15.1. The number of aromatic nitrogens is 1. The van der Waals surface area contributed by atoms with Crippen molar-refractivity contribution in [3.8, 4) is 17.1 Å². The SMILES string of the molecule is COc1ccc2c(c1)CCc1c(C(=O)N3C(C)CCCC3C)noc1-2. The maximum Gasteiger partial charge on any atom is 0.276 e. The van der Waals surface area contributed by atoms with Crippen molar-refractivity contribution >= 4 is 5.91 Å². The summed E-state index contributed by atoms with van der Waals surface area (Å²) in [6.45, 7) is 4.25. The van der Waals surface area contributed by atoms with Gasteiger partial charge in [-0.1, -0.05) is 5.16 Å². The summed E-state index contributed by atoms with van der Waals surface area (Å²) in [6, 6.07) is 6.47. The van der Waals surface area contributed by atoms with Gasteiger partial charge in [-0.15, -0.1) is 0 Å². The zero-order valence-electron chi connectivity index (χ0n) is 15.0. The Morgan fingerprint density at radius 3 is 2.72 bits per heavy atom. The number of aryl methyl sites for hydroxylation is 1. The molecule has 0 saturated carbocycles. The number of hydrogen-bond acceptors (Lipinski definition) is 4.